The normalized spacial score (nSPS) is 11.2. The van der Waals surface area contributed by atoms with Crippen LogP contribution >= 0.6 is 0 Å². The second kappa shape index (κ2) is 12.0. The second-order valence-corrected chi connectivity index (χ2v) is 4.11. The molecule has 0 aromatic carbocycles. The number of rotatable bonds is 11. The summed E-state index contributed by atoms with van der Waals surface area (Å²) in [4.78, 5) is 2.35. The molecule has 3 nitrogen and oxygen atoms in total. The molecule has 3 heteroatoms. The average Bonchev–Trinajstić information content (AvgIpc) is 2.23. The van der Waals surface area contributed by atoms with Crippen molar-refractivity contribution in [3.63, 3.8) is 0 Å². The molecule has 0 heterocycles. The molecule has 0 aliphatic heterocycles. The number of nitrogens with zero attached hydrogens (tertiary/aromatic N) is 1. The van der Waals surface area contributed by atoms with Gasteiger partial charge in [0.25, 0.3) is 0 Å². The van der Waals surface area contributed by atoms with Crippen LogP contribution in [0.25, 0.3) is 0 Å². The van der Waals surface area contributed by atoms with E-state index in [1.54, 1.807) is 7.11 Å². The first-order valence-electron chi connectivity index (χ1n) is 6.19. The van der Waals surface area contributed by atoms with Gasteiger partial charge in [-0.2, -0.15) is 0 Å². The summed E-state index contributed by atoms with van der Waals surface area (Å²) in [6, 6.07) is 0. The van der Waals surface area contributed by atoms with E-state index in [9.17, 15) is 0 Å². The smallest absolute Gasteiger partial charge is 0.0474 e. The van der Waals surface area contributed by atoms with Crippen molar-refractivity contribution in [2.45, 2.75) is 32.6 Å². The van der Waals surface area contributed by atoms with Crippen molar-refractivity contribution in [1.29, 1.82) is 0 Å². The van der Waals surface area contributed by atoms with Gasteiger partial charge >= 0.3 is 0 Å². The first kappa shape index (κ1) is 14.9. The summed E-state index contributed by atoms with van der Waals surface area (Å²) in [5.41, 5.74) is 0. The highest BCUT2D eigenvalue weighted by Crippen LogP contribution is 1.91. The molecule has 0 spiro atoms. The third kappa shape index (κ3) is 11.8. The molecule has 0 unspecified atom stereocenters. The zero-order valence-electron chi connectivity index (χ0n) is 10.7. The Morgan fingerprint density at radius 3 is 2.53 bits per heavy atom. The van der Waals surface area contributed by atoms with Gasteiger partial charge in [0.05, 0.1) is 0 Å². The lowest BCUT2D eigenvalue weighted by molar-refractivity contribution is 0.179. The fraction of sp³-hybridized carbons (Fsp3) is 1.00. The highest BCUT2D eigenvalue weighted by molar-refractivity contribution is 4.55. The standard InChI is InChI=1S/C12H28N2O/c1-4-5-6-8-13-9-11-14(2)10-7-12-15-3/h13H,4-12H2,1-3H3. The van der Waals surface area contributed by atoms with Crippen LogP contribution in [0, 0.1) is 0 Å². The van der Waals surface area contributed by atoms with E-state index < -0.39 is 0 Å². The van der Waals surface area contributed by atoms with E-state index >= 15 is 0 Å². The molecule has 1 N–H and O–H groups in total. The lowest BCUT2D eigenvalue weighted by Gasteiger charge is -2.16. The lowest BCUT2D eigenvalue weighted by Crippen LogP contribution is -2.30. The molecular weight excluding hydrogens is 188 g/mol. The molecule has 92 valence electrons. The third-order valence-electron chi connectivity index (χ3n) is 2.52. The summed E-state index contributed by atoms with van der Waals surface area (Å²) in [6.07, 6.45) is 5.09. The minimum absolute atomic E-state index is 0.869. The molecular formula is C12H28N2O. The summed E-state index contributed by atoms with van der Waals surface area (Å²) in [7, 11) is 3.93. The minimum Gasteiger partial charge on any atom is -0.385 e. The molecule has 0 radical (unpaired) electrons. The Balaban J connectivity index is 3.06. The Hall–Kier alpha value is -0.120. The van der Waals surface area contributed by atoms with Gasteiger partial charge in [-0.15, -0.1) is 0 Å². The van der Waals surface area contributed by atoms with E-state index in [1.807, 2.05) is 0 Å². The summed E-state index contributed by atoms with van der Waals surface area (Å²) < 4.78 is 5.02. The Bertz CT molecular complexity index is 120. The number of likely N-dealkylation sites (N-methyl/N-ethyl adjacent to an activating group) is 1. The van der Waals surface area contributed by atoms with Crippen molar-refractivity contribution in [2.24, 2.45) is 0 Å². The van der Waals surface area contributed by atoms with Gasteiger partial charge in [-0.05, 0) is 26.4 Å². The molecule has 0 amide bonds. The summed E-state index contributed by atoms with van der Waals surface area (Å²) in [6.45, 7) is 7.64. The molecule has 0 saturated carbocycles. The third-order valence-corrected chi connectivity index (χ3v) is 2.52. The number of methoxy groups -OCH3 is 1. The highest BCUT2D eigenvalue weighted by atomic mass is 16.5. The highest BCUT2D eigenvalue weighted by Gasteiger charge is 1.96. The lowest BCUT2D eigenvalue weighted by atomic mass is 10.2. The maximum Gasteiger partial charge on any atom is 0.0474 e. The van der Waals surface area contributed by atoms with Gasteiger partial charge in [-0.1, -0.05) is 19.8 Å². The summed E-state index contributed by atoms with van der Waals surface area (Å²) >= 11 is 0. The van der Waals surface area contributed by atoms with E-state index in [1.165, 1.54) is 25.8 Å². The van der Waals surface area contributed by atoms with Crippen molar-refractivity contribution in [3.8, 4) is 0 Å². The van der Waals surface area contributed by atoms with Crippen LogP contribution in [0.3, 0.4) is 0 Å². The van der Waals surface area contributed by atoms with Crippen LogP contribution in [-0.2, 0) is 4.74 Å². The van der Waals surface area contributed by atoms with E-state index in [0.717, 1.165) is 32.7 Å². The van der Waals surface area contributed by atoms with Gasteiger partial charge in [0.2, 0.25) is 0 Å². The Labute approximate surface area is 95.2 Å². The molecule has 0 rings (SSSR count). The van der Waals surface area contributed by atoms with Gasteiger partial charge in [-0.25, -0.2) is 0 Å². The van der Waals surface area contributed by atoms with Crippen molar-refractivity contribution in [1.82, 2.24) is 10.2 Å². The monoisotopic (exact) mass is 216 g/mol. The van der Waals surface area contributed by atoms with Crippen molar-refractivity contribution in [2.75, 3.05) is 46.9 Å². The fourth-order valence-corrected chi connectivity index (χ4v) is 1.49. The quantitative estimate of drug-likeness (QED) is 0.532. The van der Waals surface area contributed by atoms with E-state index in [0.29, 0.717) is 0 Å². The van der Waals surface area contributed by atoms with Crippen LogP contribution in [0.2, 0.25) is 0 Å². The van der Waals surface area contributed by atoms with Crippen molar-refractivity contribution in [3.05, 3.63) is 0 Å². The maximum atomic E-state index is 5.02. The van der Waals surface area contributed by atoms with E-state index in [-0.39, 0.29) is 0 Å². The fourth-order valence-electron chi connectivity index (χ4n) is 1.49. The predicted octanol–water partition coefficient (Wildman–Crippen LogP) is 1.73. The van der Waals surface area contributed by atoms with E-state index in [2.05, 4.69) is 24.2 Å². The van der Waals surface area contributed by atoms with Crippen LogP contribution in [0.4, 0.5) is 0 Å². The summed E-state index contributed by atoms with van der Waals surface area (Å²) in [5.74, 6) is 0. The van der Waals surface area contributed by atoms with Crippen molar-refractivity contribution < 1.29 is 4.74 Å². The van der Waals surface area contributed by atoms with Crippen LogP contribution in [0.15, 0.2) is 0 Å². The molecule has 0 aliphatic carbocycles. The van der Waals surface area contributed by atoms with Crippen LogP contribution in [-0.4, -0.2) is 51.8 Å². The molecule has 0 bridgehead atoms. The number of hydrogen-bond donors (Lipinski definition) is 1. The Kier molecular flexibility index (Phi) is 11.9. The first-order valence-corrected chi connectivity index (χ1v) is 6.19. The van der Waals surface area contributed by atoms with Gasteiger partial charge in [-0.3, -0.25) is 0 Å². The molecule has 0 saturated heterocycles. The number of ether oxygens (including phenoxy) is 1. The SMILES string of the molecule is CCCCCNCCN(C)CCCOC. The first-order chi connectivity index (χ1) is 7.31. The Morgan fingerprint density at radius 2 is 1.87 bits per heavy atom. The van der Waals surface area contributed by atoms with Crippen molar-refractivity contribution >= 4 is 0 Å². The second-order valence-electron chi connectivity index (χ2n) is 4.11. The Morgan fingerprint density at radius 1 is 1.07 bits per heavy atom. The molecule has 15 heavy (non-hydrogen) atoms. The molecule has 0 aliphatic rings. The zero-order valence-corrected chi connectivity index (χ0v) is 10.7. The van der Waals surface area contributed by atoms with Gasteiger partial charge in [0.1, 0.15) is 0 Å². The molecule has 0 aromatic heterocycles. The number of nitrogens with one attached hydrogen (secondary N) is 1. The van der Waals surface area contributed by atoms with Gasteiger partial charge < -0.3 is 15.0 Å². The van der Waals surface area contributed by atoms with Crippen LogP contribution < -0.4 is 5.32 Å². The molecule has 0 atom stereocenters. The number of unbranched alkanes of at least 4 members (excludes halogenated alkanes) is 2. The summed E-state index contributed by atoms with van der Waals surface area (Å²) in [5, 5.41) is 3.47. The average molecular weight is 216 g/mol. The topological polar surface area (TPSA) is 24.5 Å². The van der Waals surface area contributed by atoms with E-state index in [4.69, 9.17) is 4.74 Å². The van der Waals surface area contributed by atoms with Crippen LogP contribution in [0.5, 0.6) is 0 Å². The predicted molar refractivity (Wildman–Crippen MR) is 66.4 cm³/mol. The van der Waals surface area contributed by atoms with Crippen LogP contribution in [0.1, 0.15) is 32.6 Å². The largest absolute Gasteiger partial charge is 0.385 e. The maximum absolute atomic E-state index is 5.02. The molecule has 0 fully saturated rings. The van der Waals surface area contributed by atoms with Gasteiger partial charge in [0, 0.05) is 33.4 Å². The minimum atomic E-state index is 0.869. The molecule has 0 aromatic rings. The number of hydrogen-bond acceptors (Lipinski definition) is 3. The van der Waals surface area contributed by atoms with Gasteiger partial charge in [0.15, 0.2) is 0 Å². The zero-order chi connectivity index (χ0) is 11.4.